The van der Waals surface area contributed by atoms with E-state index in [9.17, 15) is 4.79 Å². The van der Waals surface area contributed by atoms with E-state index in [4.69, 9.17) is 10.5 Å². The molecule has 0 rings (SSSR count). The molecule has 4 nitrogen and oxygen atoms in total. The van der Waals surface area contributed by atoms with Crippen molar-refractivity contribution in [3.8, 4) is 0 Å². The third-order valence-electron chi connectivity index (χ3n) is 1.64. The topological polar surface area (TPSA) is 64.3 Å². The zero-order valence-corrected chi connectivity index (χ0v) is 9.59. The van der Waals surface area contributed by atoms with E-state index in [0.29, 0.717) is 6.54 Å². The summed E-state index contributed by atoms with van der Waals surface area (Å²) in [5.74, 6) is -0.0825. The van der Waals surface area contributed by atoms with E-state index in [1.165, 1.54) is 0 Å². The van der Waals surface area contributed by atoms with Gasteiger partial charge in [0.05, 0.1) is 5.60 Å². The molecule has 0 aliphatic carbocycles. The Morgan fingerprint density at radius 1 is 1.50 bits per heavy atom. The highest BCUT2D eigenvalue weighted by Crippen LogP contribution is 2.05. The van der Waals surface area contributed by atoms with Gasteiger partial charge in [-0.3, -0.25) is 4.79 Å². The second-order valence-electron chi connectivity index (χ2n) is 4.45. The summed E-state index contributed by atoms with van der Waals surface area (Å²) in [7, 11) is 0. The first kappa shape index (κ1) is 13.4. The molecule has 0 aromatic carbocycles. The van der Waals surface area contributed by atoms with Crippen LogP contribution in [-0.2, 0) is 9.53 Å². The van der Waals surface area contributed by atoms with Crippen LogP contribution in [0.15, 0.2) is 0 Å². The molecular weight excluding hydrogens is 180 g/mol. The van der Waals surface area contributed by atoms with E-state index in [1.54, 1.807) is 0 Å². The molecular formula is C10H22N2O2. The number of rotatable bonds is 5. The minimum Gasteiger partial charge on any atom is -0.366 e. The van der Waals surface area contributed by atoms with Crippen LogP contribution in [-0.4, -0.2) is 30.7 Å². The van der Waals surface area contributed by atoms with E-state index < -0.39 is 0 Å². The molecule has 0 aromatic rings. The smallest absolute Gasteiger partial charge is 0.246 e. The van der Waals surface area contributed by atoms with Crippen molar-refractivity contribution in [2.75, 3.05) is 13.2 Å². The molecule has 1 amide bonds. The van der Waals surface area contributed by atoms with Gasteiger partial charge in [-0.1, -0.05) is 0 Å². The number of carbonyl (C=O) groups is 1. The molecule has 1 unspecified atom stereocenters. The van der Waals surface area contributed by atoms with Gasteiger partial charge in [0.15, 0.2) is 0 Å². The Kier molecular flexibility index (Phi) is 5.72. The first-order valence-electron chi connectivity index (χ1n) is 4.98. The number of nitrogens with two attached hydrogens (primary N) is 1. The number of hydrogen-bond acceptors (Lipinski definition) is 3. The van der Waals surface area contributed by atoms with Crippen LogP contribution < -0.4 is 11.1 Å². The fraction of sp³-hybridized carbons (Fsp3) is 0.900. The van der Waals surface area contributed by atoms with Gasteiger partial charge in [-0.25, -0.2) is 0 Å². The van der Waals surface area contributed by atoms with Crippen LogP contribution in [0, 0.1) is 0 Å². The number of hydrogen-bond donors (Lipinski definition) is 2. The summed E-state index contributed by atoms with van der Waals surface area (Å²) in [6.07, 6.45) is 0.793. The Balaban J connectivity index is 3.65. The van der Waals surface area contributed by atoms with E-state index in [2.05, 4.69) is 5.32 Å². The van der Waals surface area contributed by atoms with Crippen LogP contribution in [0.4, 0.5) is 0 Å². The summed E-state index contributed by atoms with van der Waals surface area (Å²) in [5.41, 5.74) is 5.10. The summed E-state index contributed by atoms with van der Waals surface area (Å²) >= 11 is 0. The molecule has 0 saturated carbocycles. The summed E-state index contributed by atoms with van der Waals surface area (Å²) in [6, 6.07) is 0.121. The van der Waals surface area contributed by atoms with E-state index >= 15 is 0 Å². The van der Waals surface area contributed by atoms with Crippen molar-refractivity contribution in [2.24, 2.45) is 5.73 Å². The van der Waals surface area contributed by atoms with Gasteiger partial charge in [-0.15, -0.1) is 0 Å². The maximum absolute atomic E-state index is 11.3. The van der Waals surface area contributed by atoms with Crippen molar-refractivity contribution >= 4 is 5.91 Å². The van der Waals surface area contributed by atoms with Crippen molar-refractivity contribution < 1.29 is 9.53 Å². The summed E-state index contributed by atoms with van der Waals surface area (Å²) in [5, 5.41) is 2.81. The standard InChI is InChI=1S/C10H22N2O2/c1-8(5-6-11)12-9(13)7-14-10(2,3)4/h8H,5-7,11H2,1-4H3,(H,12,13). The Hall–Kier alpha value is -0.610. The normalized spacial score (nSPS) is 13.8. The van der Waals surface area contributed by atoms with E-state index in [-0.39, 0.29) is 24.2 Å². The first-order chi connectivity index (χ1) is 6.35. The Morgan fingerprint density at radius 3 is 2.50 bits per heavy atom. The molecule has 0 heterocycles. The van der Waals surface area contributed by atoms with Gasteiger partial charge in [0, 0.05) is 6.04 Å². The van der Waals surface area contributed by atoms with Crippen LogP contribution >= 0.6 is 0 Å². The minimum absolute atomic E-state index is 0.0825. The maximum Gasteiger partial charge on any atom is 0.246 e. The SMILES string of the molecule is CC(CCN)NC(=O)COC(C)(C)C. The number of nitrogens with one attached hydrogen (secondary N) is 1. The van der Waals surface area contributed by atoms with Gasteiger partial charge >= 0.3 is 0 Å². The van der Waals surface area contributed by atoms with Crippen LogP contribution in [0.1, 0.15) is 34.1 Å². The van der Waals surface area contributed by atoms with Crippen molar-refractivity contribution in [1.82, 2.24) is 5.32 Å². The van der Waals surface area contributed by atoms with Crippen molar-refractivity contribution in [3.63, 3.8) is 0 Å². The van der Waals surface area contributed by atoms with Gasteiger partial charge in [0.25, 0.3) is 0 Å². The second kappa shape index (κ2) is 5.98. The predicted molar refractivity (Wildman–Crippen MR) is 57.0 cm³/mol. The zero-order chi connectivity index (χ0) is 11.2. The average molecular weight is 202 g/mol. The highest BCUT2D eigenvalue weighted by atomic mass is 16.5. The fourth-order valence-electron chi connectivity index (χ4n) is 0.921. The summed E-state index contributed by atoms with van der Waals surface area (Å²) in [6.45, 7) is 8.39. The van der Waals surface area contributed by atoms with Gasteiger partial charge in [0.1, 0.15) is 6.61 Å². The van der Waals surface area contributed by atoms with Crippen molar-refractivity contribution in [1.29, 1.82) is 0 Å². The first-order valence-corrected chi connectivity index (χ1v) is 4.98. The van der Waals surface area contributed by atoms with Crippen molar-refractivity contribution in [3.05, 3.63) is 0 Å². The molecule has 0 radical (unpaired) electrons. The number of ether oxygens (including phenoxy) is 1. The van der Waals surface area contributed by atoms with Crippen LogP contribution in [0.2, 0.25) is 0 Å². The summed E-state index contributed by atoms with van der Waals surface area (Å²) < 4.78 is 5.33. The van der Waals surface area contributed by atoms with E-state index in [1.807, 2.05) is 27.7 Å². The van der Waals surface area contributed by atoms with Gasteiger partial charge in [-0.05, 0) is 40.7 Å². The molecule has 14 heavy (non-hydrogen) atoms. The van der Waals surface area contributed by atoms with Crippen LogP contribution in [0.3, 0.4) is 0 Å². The second-order valence-corrected chi connectivity index (χ2v) is 4.45. The van der Waals surface area contributed by atoms with Gasteiger partial charge in [0.2, 0.25) is 5.91 Å². The van der Waals surface area contributed by atoms with Crippen LogP contribution in [0.5, 0.6) is 0 Å². The monoisotopic (exact) mass is 202 g/mol. The van der Waals surface area contributed by atoms with Crippen LogP contribution in [0.25, 0.3) is 0 Å². The molecule has 0 aliphatic rings. The Morgan fingerprint density at radius 2 is 2.07 bits per heavy atom. The molecule has 3 N–H and O–H groups in total. The summed E-state index contributed by atoms with van der Waals surface area (Å²) in [4.78, 5) is 11.3. The lowest BCUT2D eigenvalue weighted by atomic mass is 10.2. The largest absolute Gasteiger partial charge is 0.366 e. The maximum atomic E-state index is 11.3. The molecule has 0 bridgehead atoms. The molecule has 84 valence electrons. The third-order valence-corrected chi connectivity index (χ3v) is 1.64. The lowest BCUT2D eigenvalue weighted by Gasteiger charge is -2.20. The van der Waals surface area contributed by atoms with Crippen molar-refractivity contribution in [2.45, 2.75) is 45.8 Å². The number of carbonyl (C=O) groups excluding carboxylic acids is 1. The fourth-order valence-corrected chi connectivity index (χ4v) is 0.921. The molecule has 0 aliphatic heterocycles. The zero-order valence-electron chi connectivity index (χ0n) is 9.59. The molecule has 0 saturated heterocycles. The minimum atomic E-state index is -0.269. The molecule has 0 fully saturated rings. The van der Waals surface area contributed by atoms with E-state index in [0.717, 1.165) is 6.42 Å². The average Bonchev–Trinajstić information content (AvgIpc) is 2.00. The molecule has 1 atom stereocenters. The predicted octanol–water partition coefficient (Wildman–Crippen LogP) is 0.655. The molecule has 0 spiro atoms. The van der Waals surface area contributed by atoms with Gasteiger partial charge < -0.3 is 15.8 Å². The lowest BCUT2D eigenvalue weighted by Crippen LogP contribution is -2.38. The lowest BCUT2D eigenvalue weighted by molar-refractivity contribution is -0.131. The highest BCUT2D eigenvalue weighted by molar-refractivity contribution is 5.77. The quantitative estimate of drug-likeness (QED) is 0.688. The third kappa shape index (κ3) is 8.01. The van der Waals surface area contributed by atoms with Gasteiger partial charge in [-0.2, -0.15) is 0 Å². The Labute approximate surface area is 86.2 Å². The number of amides is 1. The highest BCUT2D eigenvalue weighted by Gasteiger charge is 2.13. The molecule has 4 heteroatoms. The molecule has 0 aromatic heterocycles. The Bertz CT molecular complexity index is 175.